The predicted octanol–water partition coefficient (Wildman–Crippen LogP) is 3.38. The largest absolute Gasteiger partial charge is 0.481 e. The van der Waals surface area contributed by atoms with E-state index in [-0.39, 0.29) is 12.3 Å². The molecule has 3 unspecified atom stereocenters. The molecular formula is C16H22O4. The average molecular weight is 278 g/mol. The Kier molecular flexibility index (Phi) is 6.22. The first kappa shape index (κ1) is 16.2. The maximum absolute atomic E-state index is 11.3. The Labute approximate surface area is 119 Å². The fraction of sp³-hybridized carbons (Fsp3) is 0.500. The van der Waals surface area contributed by atoms with Crippen LogP contribution in [0.25, 0.3) is 0 Å². The molecule has 0 bridgehead atoms. The van der Waals surface area contributed by atoms with Gasteiger partial charge in [-0.1, -0.05) is 44.2 Å². The number of aliphatic carboxylic acids is 2. The molecule has 0 amide bonds. The van der Waals surface area contributed by atoms with Crippen molar-refractivity contribution in [3.05, 3.63) is 35.9 Å². The number of hydrogen-bond acceptors (Lipinski definition) is 2. The van der Waals surface area contributed by atoms with Crippen molar-refractivity contribution >= 4 is 11.9 Å². The van der Waals surface area contributed by atoms with Crippen LogP contribution in [0, 0.1) is 11.8 Å². The van der Waals surface area contributed by atoms with Gasteiger partial charge in [-0.15, -0.1) is 0 Å². The van der Waals surface area contributed by atoms with Gasteiger partial charge in [0.05, 0.1) is 11.8 Å². The lowest BCUT2D eigenvalue weighted by Gasteiger charge is -2.20. The van der Waals surface area contributed by atoms with Crippen molar-refractivity contribution in [3.63, 3.8) is 0 Å². The van der Waals surface area contributed by atoms with Crippen LogP contribution in [0.2, 0.25) is 0 Å². The number of rotatable bonds is 8. The molecule has 0 saturated carbocycles. The molecule has 1 aromatic carbocycles. The number of carboxylic acid groups (broad SMARTS) is 2. The van der Waals surface area contributed by atoms with Gasteiger partial charge in [-0.25, -0.2) is 0 Å². The third-order valence-electron chi connectivity index (χ3n) is 3.77. The smallest absolute Gasteiger partial charge is 0.306 e. The van der Waals surface area contributed by atoms with Gasteiger partial charge in [-0.3, -0.25) is 9.59 Å². The highest BCUT2D eigenvalue weighted by Gasteiger charge is 2.27. The first-order valence-corrected chi connectivity index (χ1v) is 6.96. The zero-order valence-corrected chi connectivity index (χ0v) is 12.0. The van der Waals surface area contributed by atoms with Crippen molar-refractivity contribution in [1.82, 2.24) is 0 Å². The van der Waals surface area contributed by atoms with Crippen LogP contribution in [-0.4, -0.2) is 22.2 Å². The molecule has 0 spiro atoms. The Morgan fingerprint density at radius 3 is 2.00 bits per heavy atom. The second kappa shape index (κ2) is 7.68. The number of benzene rings is 1. The molecule has 0 aromatic heterocycles. The topological polar surface area (TPSA) is 74.6 Å². The maximum Gasteiger partial charge on any atom is 0.306 e. The van der Waals surface area contributed by atoms with Gasteiger partial charge in [0.1, 0.15) is 0 Å². The van der Waals surface area contributed by atoms with E-state index in [0.29, 0.717) is 12.8 Å². The number of carboxylic acids is 2. The van der Waals surface area contributed by atoms with Gasteiger partial charge in [0, 0.05) is 0 Å². The van der Waals surface area contributed by atoms with Crippen molar-refractivity contribution < 1.29 is 19.8 Å². The Hall–Kier alpha value is -1.84. The van der Waals surface area contributed by atoms with E-state index in [4.69, 9.17) is 5.11 Å². The van der Waals surface area contributed by atoms with Crippen LogP contribution in [-0.2, 0) is 9.59 Å². The van der Waals surface area contributed by atoms with E-state index in [1.165, 1.54) is 0 Å². The first-order valence-electron chi connectivity index (χ1n) is 6.96. The van der Waals surface area contributed by atoms with Crippen molar-refractivity contribution in [1.29, 1.82) is 0 Å². The quantitative estimate of drug-likeness (QED) is 0.764. The van der Waals surface area contributed by atoms with Gasteiger partial charge in [-0.2, -0.15) is 0 Å². The molecule has 3 atom stereocenters. The third-order valence-corrected chi connectivity index (χ3v) is 3.77. The highest BCUT2D eigenvalue weighted by molar-refractivity contribution is 5.73. The van der Waals surface area contributed by atoms with Crippen LogP contribution in [0.15, 0.2) is 30.3 Å². The molecule has 1 aromatic rings. The minimum atomic E-state index is -0.911. The van der Waals surface area contributed by atoms with Crippen LogP contribution in [0.1, 0.15) is 44.6 Å². The Balaban J connectivity index is 2.72. The van der Waals surface area contributed by atoms with Gasteiger partial charge < -0.3 is 10.2 Å². The number of hydrogen-bond donors (Lipinski definition) is 2. The second-order valence-corrected chi connectivity index (χ2v) is 5.26. The summed E-state index contributed by atoms with van der Waals surface area (Å²) in [6, 6.07) is 9.71. The Bertz CT molecular complexity index is 441. The van der Waals surface area contributed by atoms with E-state index in [1.54, 1.807) is 6.92 Å². The molecule has 110 valence electrons. The van der Waals surface area contributed by atoms with Crippen molar-refractivity contribution in [2.24, 2.45) is 11.8 Å². The molecule has 0 heterocycles. The first-order chi connectivity index (χ1) is 9.45. The zero-order chi connectivity index (χ0) is 15.1. The molecule has 1 rings (SSSR count). The minimum absolute atomic E-state index is 0.101. The fourth-order valence-corrected chi connectivity index (χ4v) is 2.43. The molecular weight excluding hydrogens is 256 g/mol. The lowest BCUT2D eigenvalue weighted by molar-refractivity contribution is -0.146. The monoisotopic (exact) mass is 278 g/mol. The third kappa shape index (κ3) is 4.68. The van der Waals surface area contributed by atoms with Crippen LogP contribution < -0.4 is 0 Å². The van der Waals surface area contributed by atoms with Gasteiger partial charge in [-0.05, 0) is 30.7 Å². The van der Waals surface area contributed by atoms with Crippen LogP contribution in [0.5, 0.6) is 0 Å². The molecule has 0 aliphatic carbocycles. The molecule has 0 radical (unpaired) electrons. The molecule has 20 heavy (non-hydrogen) atoms. The SMILES string of the molecule is CCC(CC(CC(C)c1ccccc1)C(=O)O)C(=O)O. The molecule has 0 fully saturated rings. The highest BCUT2D eigenvalue weighted by atomic mass is 16.4. The minimum Gasteiger partial charge on any atom is -0.481 e. The summed E-state index contributed by atoms with van der Waals surface area (Å²) in [5.74, 6) is -2.92. The molecule has 2 N–H and O–H groups in total. The van der Waals surface area contributed by atoms with Crippen LogP contribution >= 0.6 is 0 Å². The van der Waals surface area contributed by atoms with E-state index >= 15 is 0 Å². The lowest BCUT2D eigenvalue weighted by Crippen LogP contribution is -2.23. The zero-order valence-electron chi connectivity index (χ0n) is 12.0. The normalized spacial score (nSPS) is 15.3. The summed E-state index contributed by atoms with van der Waals surface area (Å²) in [7, 11) is 0. The summed E-state index contributed by atoms with van der Waals surface area (Å²) in [6.07, 6.45) is 1.11. The molecule has 0 aliphatic rings. The van der Waals surface area contributed by atoms with E-state index < -0.39 is 23.8 Å². The van der Waals surface area contributed by atoms with Gasteiger partial charge in [0.2, 0.25) is 0 Å². The summed E-state index contributed by atoms with van der Waals surface area (Å²) in [5.41, 5.74) is 1.09. The standard InChI is InChI=1S/C16H22O4/c1-3-12(15(17)18)10-14(16(19)20)9-11(2)13-7-5-4-6-8-13/h4-8,11-12,14H,3,9-10H2,1-2H3,(H,17,18)(H,19,20). The average Bonchev–Trinajstić information content (AvgIpc) is 2.43. The van der Waals surface area contributed by atoms with E-state index in [1.807, 2.05) is 37.3 Å². The van der Waals surface area contributed by atoms with E-state index in [9.17, 15) is 14.7 Å². The number of carbonyl (C=O) groups is 2. The summed E-state index contributed by atoms with van der Waals surface area (Å²) < 4.78 is 0. The van der Waals surface area contributed by atoms with E-state index in [0.717, 1.165) is 5.56 Å². The van der Waals surface area contributed by atoms with Crippen LogP contribution in [0.3, 0.4) is 0 Å². The van der Waals surface area contributed by atoms with E-state index in [2.05, 4.69) is 0 Å². The fourth-order valence-electron chi connectivity index (χ4n) is 2.43. The van der Waals surface area contributed by atoms with Gasteiger partial charge in [0.25, 0.3) is 0 Å². The Morgan fingerprint density at radius 1 is 1.00 bits per heavy atom. The summed E-state index contributed by atoms with van der Waals surface area (Å²) in [6.45, 7) is 3.76. The molecule has 0 aliphatic heterocycles. The lowest BCUT2D eigenvalue weighted by atomic mass is 9.84. The molecule has 4 nitrogen and oxygen atoms in total. The molecule has 0 saturated heterocycles. The predicted molar refractivity (Wildman–Crippen MR) is 76.6 cm³/mol. The van der Waals surface area contributed by atoms with Crippen molar-refractivity contribution in [2.75, 3.05) is 0 Å². The maximum atomic E-state index is 11.3. The van der Waals surface area contributed by atoms with Gasteiger partial charge in [0.15, 0.2) is 0 Å². The van der Waals surface area contributed by atoms with Crippen LogP contribution in [0.4, 0.5) is 0 Å². The highest BCUT2D eigenvalue weighted by Crippen LogP contribution is 2.28. The van der Waals surface area contributed by atoms with Gasteiger partial charge >= 0.3 is 11.9 Å². The molecule has 4 heteroatoms. The summed E-state index contributed by atoms with van der Waals surface area (Å²) in [5, 5.41) is 18.4. The van der Waals surface area contributed by atoms with Crippen molar-refractivity contribution in [3.8, 4) is 0 Å². The summed E-state index contributed by atoms with van der Waals surface area (Å²) >= 11 is 0. The van der Waals surface area contributed by atoms with Crippen molar-refractivity contribution in [2.45, 2.75) is 39.0 Å². The summed E-state index contributed by atoms with van der Waals surface area (Å²) in [4.78, 5) is 22.4. The Morgan fingerprint density at radius 2 is 1.55 bits per heavy atom. The second-order valence-electron chi connectivity index (χ2n) is 5.26.